The number of hydrogen-bond donors (Lipinski definition) is 1. The average molecular weight is 292 g/mol. The Labute approximate surface area is 125 Å². The van der Waals surface area contributed by atoms with Crippen molar-refractivity contribution < 1.29 is 9.59 Å². The van der Waals surface area contributed by atoms with Crippen molar-refractivity contribution >= 4 is 11.8 Å². The lowest BCUT2D eigenvalue weighted by Crippen LogP contribution is -2.45. The van der Waals surface area contributed by atoms with E-state index in [0.717, 1.165) is 12.8 Å². The summed E-state index contributed by atoms with van der Waals surface area (Å²) >= 11 is 0. The van der Waals surface area contributed by atoms with E-state index >= 15 is 0 Å². The largest absolute Gasteiger partial charge is 0.356 e. The molecule has 6 nitrogen and oxygen atoms in total. The Bertz CT molecular complexity index is 498. The van der Waals surface area contributed by atoms with Crippen LogP contribution >= 0.6 is 0 Å². The van der Waals surface area contributed by atoms with Crippen LogP contribution in [0.1, 0.15) is 31.7 Å². The van der Waals surface area contributed by atoms with Gasteiger partial charge in [-0.1, -0.05) is 0 Å². The van der Waals surface area contributed by atoms with E-state index in [-0.39, 0.29) is 17.7 Å². The van der Waals surface area contributed by atoms with Crippen molar-refractivity contribution in [2.24, 2.45) is 13.0 Å². The second-order valence-corrected chi connectivity index (χ2v) is 5.58. The summed E-state index contributed by atoms with van der Waals surface area (Å²) < 4.78 is 1.78. The molecule has 0 spiro atoms. The van der Waals surface area contributed by atoms with Gasteiger partial charge >= 0.3 is 0 Å². The first-order valence-electron chi connectivity index (χ1n) is 7.63. The first kappa shape index (κ1) is 15.5. The molecule has 0 saturated carbocycles. The zero-order valence-corrected chi connectivity index (χ0v) is 12.8. The summed E-state index contributed by atoms with van der Waals surface area (Å²) in [5.74, 6) is 0.186. The van der Waals surface area contributed by atoms with Crippen LogP contribution < -0.4 is 5.32 Å². The predicted molar refractivity (Wildman–Crippen MR) is 79.5 cm³/mol. The number of rotatable bonds is 6. The Hall–Kier alpha value is -1.85. The van der Waals surface area contributed by atoms with E-state index in [2.05, 4.69) is 10.4 Å². The molecule has 2 heterocycles. The van der Waals surface area contributed by atoms with Gasteiger partial charge in [0.05, 0.1) is 12.1 Å². The minimum absolute atomic E-state index is 0.0546. The fraction of sp³-hybridized carbons (Fsp3) is 0.667. The lowest BCUT2D eigenvalue weighted by Gasteiger charge is -2.31. The Morgan fingerprint density at radius 3 is 3.00 bits per heavy atom. The molecule has 1 aromatic heterocycles. The van der Waals surface area contributed by atoms with Crippen LogP contribution in [-0.4, -0.2) is 46.1 Å². The smallest absolute Gasteiger partial charge is 0.224 e. The second kappa shape index (κ2) is 7.24. The van der Waals surface area contributed by atoms with Crippen LogP contribution in [0, 0.1) is 5.92 Å². The summed E-state index contributed by atoms with van der Waals surface area (Å²) in [5.41, 5.74) is 1.19. The van der Waals surface area contributed by atoms with Crippen molar-refractivity contribution in [2.45, 2.75) is 32.6 Å². The molecule has 6 heteroatoms. The van der Waals surface area contributed by atoms with Crippen molar-refractivity contribution in [2.75, 3.05) is 19.6 Å². The SMILES string of the molecule is CCN1CC(C(=O)NCCCc2cnn(C)c2)CCC1=O. The van der Waals surface area contributed by atoms with Crippen molar-refractivity contribution in [3.8, 4) is 0 Å². The number of hydrogen-bond acceptors (Lipinski definition) is 3. The molecule has 1 aliphatic heterocycles. The predicted octanol–water partition coefficient (Wildman–Crippen LogP) is 0.727. The molecular weight excluding hydrogens is 268 g/mol. The molecule has 1 unspecified atom stereocenters. The third-order valence-corrected chi connectivity index (χ3v) is 3.95. The van der Waals surface area contributed by atoms with Crippen LogP contribution in [-0.2, 0) is 23.1 Å². The highest BCUT2D eigenvalue weighted by Gasteiger charge is 2.28. The normalized spacial score (nSPS) is 18.9. The van der Waals surface area contributed by atoms with Crippen molar-refractivity contribution in [3.63, 3.8) is 0 Å². The second-order valence-electron chi connectivity index (χ2n) is 5.58. The maximum Gasteiger partial charge on any atom is 0.224 e. The number of nitrogens with zero attached hydrogens (tertiary/aromatic N) is 3. The summed E-state index contributed by atoms with van der Waals surface area (Å²) in [4.78, 5) is 25.5. The standard InChI is InChI=1S/C15H24N4O2/c1-3-19-11-13(6-7-14(19)20)15(21)16-8-4-5-12-9-17-18(2)10-12/h9-10,13H,3-8,11H2,1-2H3,(H,16,21). The van der Waals surface area contributed by atoms with E-state index in [1.54, 1.807) is 9.58 Å². The van der Waals surface area contributed by atoms with Gasteiger partial charge in [-0.05, 0) is 31.7 Å². The van der Waals surface area contributed by atoms with E-state index in [9.17, 15) is 9.59 Å². The molecule has 116 valence electrons. The number of carbonyl (C=O) groups excluding carboxylic acids is 2. The van der Waals surface area contributed by atoms with Crippen molar-refractivity contribution in [1.82, 2.24) is 20.0 Å². The number of amides is 2. The first-order valence-corrected chi connectivity index (χ1v) is 7.63. The van der Waals surface area contributed by atoms with Crippen LogP contribution in [0.25, 0.3) is 0 Å². The molecule has 21 heavy (non-hydrogen) atoms. The number of carbonyl (C=O) groups is 2. The van der Waals surface area contributed by atoms with E-state index in [0.29, 0.717) is 32.5 Å². The molecule has 1 atom stereocenters. The lowest BCUT2D eigenvalue weighted by atomic mass is 9.96. The summed E-state index contributed by atoms with van der Waals surface area (Å²) in [5, 5.41) is 7.11. The summed E-state index contributed by atoms with van der Waals surface area (Å²) in [6.07, 6.45) is 6.83. The topological polar surface area (TPSA) is 67.2 Å². The fourth-order valence-corrected chi connectivity index (χ4v) is 2.68. The molecule has 1 fully saturated rings. The third kappa shape index (κ3) is 4.31. The summed E-state index contributed by atoms with van der Waals surface area (Å²) in [6.45, 7) is 3.86. The van der Waals surface area contributed by atoms with E-state index in [4.69, 9.17) is 0 Å². The van der Waals surface area contributed by atoms with Gasteiger partial charge in [0, 0.05) is 39.3 Å². The third-order valence-electron chi connectivity index (χ3n) is 3.95. The molecule has 1 aliphatic rings. The highest BCUT2D eigenvalue weighted by Crippen LogP contribution is 2.17. The molecule has 1 saturated heterocycles. The van der Waals surface area contributed by atoms with Gasteiger partial charge in [-0.25, -0.2) is 0 Å². The maximum absolute atomic E-state index is 12.1. The van der Waals surface area contributed by atoms with Gasteiger partial charge in [0.25, 0.3) is 0 Å². The monoisotopic (exact) mass is 292 g/mol. The average Bonchev–Trinajstić information content (AvgIpc) is 2.89. The number of piperidine rings is 1. The van der Waals surface area contributed by atoms with Gasteiger partial charge < -0.3 is 10.2 Å². The molecule has 0 aliphatic carbocycles. The fourth-order valence-electron chi connectivity index (χ4n) is 2.68. The number of aromatic nitrogens is 2. The van der Waals surface area contributed by atoms with Crippen molar-refractivity contribution in [3.05, 3.63) is 18.0 Å². The van der Waals surface area contributed by atoms with Crippen LogP contribution in [0.15, 0.2) is 12.4 Å². The maximum atomic E-state index is 12.1. The lowest BCUT2D eigenvalue weighted by molar-refractivity contribution is -0.138. The van der Waals surface area contributed by atoms with Gasteiger partial charge in [0.15, 0.2) is 0 Å². The highest BCUT2D eigenvalue weighted by atomic mass is 16.2. The number of nitrogens with one attached hydrogen (secondary N) is 1. The Morgan fingerprint density at radius 1 is 1.52 bits per heavy atom. The number of likely N-dealkylation sites (tertiary alicyclic amines) is 1. The van der Waals surface area contributed by atoms with Crippen molar-refractivity contribution in [1.29, 1.82) is 0 Å². The molecule has 0 radical (unpaired) electrons. The molecule has 1 aromatic rings. The molecule has 0 bridgehead atoms. The first-order chi connectivity index (χ1) is 10.1. The Kier molecular flexibility index (Phi) is 5.36. The molecular formula is C15H24N4O2. The van der Waals surface area contributed by atoms with Crippen LogP contribution in [0.5, 0.6) is 0 Å². The molecule has 2 amide bonds. The minimum atomic E-state index is -0.0546. The van der Waals surface area contributed by atoms with E-state index < -0.39 is 0 Å². The van der Waals surface area contributed by atoms with Gasteiger partial charge in [-0.3, -0.25) is 14.3 Å². The molecule has 2 rings (SSSR count). The zero-order chi connectivity index (χ0) is 15.2. The van der Waals surface area contributed by atoms with E-state index in [1.807, 2.05) is 26.4 Å². The van der Waals surface area contributed by atoms with Crippen LogP contribution in [0.2, 0.25) is 0 Å². The quantitative estimate of drug-likeness (QED) is 0.786. The molecule has 0 aromatic carbocycles. The summed E-state index contributed by atoms with van der Waals surface area (Å²) in [7, 11) is 1.90. The van der Waals surface area contributed by atoms with Crippen LogP contribution in [0.3, 0.4) is 0 Å². The highest BCUT2D eigenvalue weighted by molar-refractivity contribution is 5.83. The zero-order valence-electron chi connectivity index (χ0n) is 12.8. The van der Waals surface area contributed by atoms with Crippen LogP contribution in [0.4, 0.5) is 0 Å². The van der Waals surface area contributed by atoms with Gasteiger partial charge in [-0.15, -0.1) is 0 Å². The molecule has 1 N–H and O–H groups in total. The Balaban J connectivity index is 1.68. The number of aryl methyl sites for hydroxylation is 2. The summed E-state index contributed by atoms with van der Waals surface area (Å²) in [6, 6.07) is 0. The minimum Gasteiger partial charge on any atom is -0.356 e. The van der Waals surface area contributed by atoms with Gasteiger partial charge in [-0.2, -0.15) is 5.10 Å². The Morgan fingerprint density at radius 2 is 2.33 bits per heavy atom. The van der Waals surface area contributed by atoms with E-state index in [1.165, 1.54) is 5.56 Å². The van der Waals surface area contributed by atoms with Gasteiger partial charge in [0.1, 0.15) is 0 Å². The van der Waals surface area contributed by atoms with Gasteiger partial charge in [0.2, 0.25) is 11.8 Å².